The molecule has 0 bridgehead atoms. The summed E-state index contributed by atoms with van der Waals surface area (Å²) >= 11 is 0. The van der Waals surface area contributed by atoms with Crippen molar-refractivity contribution in [2.24, 2.45) is 5.73 Å². The first-order chi connectivity index (χ1) is 18.4. The minimum absolute atomic E-state index is 0.0825. The van der Waals surface area contributed by atoms with Gasteiger partial charge >= 0.3 is 0 Å². The number of nitrogens with one attached hydrogen (secondary N) is 4. The lowest BCUT2D eigenvalue weighted by Crippen LogP contribution is -2.27. The molecule has 1 heterocycles. The molecule has 0 radical (unpaired) electrons. The van der Waals surface area contributed by atoms with Gasteiger partial charge in [0.1, 0.15) is 5.82 Å². The number of nitrogens with two attached hydrogens (primary N) is 1. The van der Waals surface area contributed by atoms with E-state index < -0.39 is 0 Å². The summed E-state index contributed by atoms with van der Waals surface area (Å²) in [6, 6.07) is 13.5. The highest BCUT2D eigenvalue weighted by molar-refractivity contribution is 5.95. The summed E-state index contributed by atoms with van der Waals surface area (Å²) < 4.78 is 24.7. The Morgan fingerprint density at radius 1 is 0.947 bits per heavy atom. The Balaban J connectivity index is 1.61. The SMILES string of the molecule is CC(C)Nc1nc(NCc2ccccc2F)nc(Nc2cccc(C(=O)NCCOCCOCCN)c2)n1. The van der Waals surface area contributed by atoms with Gasteiger partial charge in [-0.1, -0.05) is 24.3 Å². The first-order valence-electron chi connectivity index (χ1n) is 12.5. The standard InChI is InChI=1S/C26H35FN8O3/c1-18(2)31-25-33-24(30-17-20-6-3-4-9-22(20)27)34-26(35-25)32-21-8-5-7-19(16-21)23(36)29-11-13-38-15-14-37-12-10-28/h3-9,16,18H,10-15,17,28H2,1-2H3,(H,29,36)(H3,30,31,32,33,34,35). The minimum Gasteiger partial charge on any atom is -0.378 e. The fraction of sp³-hybridized carbons (Fsp3) is 0.385. The van der Waals surface area contributed by atoms with Crippen LogP contribution in [0.5, 0.6) is 0 Å². The second kappa shape index (κ2) is 15.4. The highest BCUT2D eigenvalue weighted by Gasteiger charge is 2.11. The summed E-state index contributed by atoms with van der Waals surface area (Å²) in [5, 5.41) is 12.1. The van der Waals surface area contributed by atoms with Gasteiger partial charge in [-0.25, -0.2) is 4.39 Å². The van der Waals surface area contributed by atoms with Crippen LogP contribution >= 0.6 is 0 Å². The maximum absolute atomic E-state index is 14.0. The van der Waals surface area contributed by atoms with Crippen LogP contribution in [0.25, 0.3) is 0 Å². The van der Waals surface area contributed by atoms with Crippen LogP contribution in [0, 0.1) is 5.82 Å². The molecule has 3 aromatic rings. The monoisotopic (exact) mass is 526 g/mol. The predicted molar refractivity (Wildman–Crippen MR) is 145 cm³/mol. The molecule has 11 nitrogen and oxygen atoms in total. The first-order valence-corrected chi connectivity index (χ1v) is 12.5. The van der Waals surface area contributed by atoms with Crippen molar-refractivity contribution in [1.82, 2.24) is 20.3 Å². The van der Waals surface area contributed by atoms with Gasteiger partial charge in [-0.15, -0.1) is 0 Å². The molecule has 2 aromatic carbocycles. The highest BCUT2D eigenvalue weighted by Crippen LogP contribution is 2.18. The van der Waals surface area contributed by atoms with E-state index >= 15 is 0 Å². The summed E-state index contributed by atoms with van der Waals surface area (Å²) in [5.74, 6) is 0.349. The maximum Gasteiger partial charge on any atom is 0.251 e. The van der Waals surface area contributed by atoms with Crippen LogP contribution < -0.4 is 27.0 Å². The lowest BCUT2D eigenvalue weighted by atomic mass is 10.2. The average Bonchev–Trinajstić information content (AvgIpc) is 2.89. The van der Waals surface area contributed by atoms with Crippen molar-refractivity contribution in [1.29, 1.82) is 0 Å². The Kier molecular flexibility index (Phi) is 11.6. The molecular weight excluding hydrogens is 491 g/mol. The van der Waals surface area contributed by atoms with E-state index in [-0.39, 0.29) is 36.2 Å². The number of halogens is 1. The van der Waals surface area contributed by atoms with Gasteiger partial charge in [0.25, 0.3) is 5.91 Å². The molecule has 0 fully saturated rings. The van der Waals surface area contributed by atoms with Gasteiger partial charge in [0, 0.05) is 42.5 Å². The largest absolute Gasteiger partial charge is 0.378 e. The Morgan fingerprint density at radius 2 is 1.68 bits per heavy atom. The number of nitrogens with zero attached hydrogens (tertiary/aromatic N) is 3. The van der Waals surface area contributed by atoms with Crippen molar-refractivity contribution >= 4 is 29.4 Å². The summed E-state index contributed by atoms with van der Waals surface area (Å²) in [6.07, 6.45) is 0. The first kappa shape index (κ1) is 28.7. The molecule has 0 spiro atoms. The van der Waals surface area contributed by atoms with Crippen LogP contribution in [0.4, 0.5) is 27.9 Å². The number of carbonyl (C=O) groups excluding carboxylic acids is 1. The lowest BCUT2D eigenvalue weighted by molar-refractivity contribution is 0.0511. The van der Waals surface area contributed by atoms with Crippen molar-refractivity contribution in [3.05, 3.63) is 65.5 Å². The van der Waals surface area contributed by atoms with Crippen LogP contribution in [0.2, 0.25) is 0 Å². The number of aromatic nitrogens is 3. The lowest BCUT2D eigenvalue weighted by Gasteiger charge is -2.13. The van der Waals surface area contributed by atoms with E-state index in [9.17, 15) is 9.18 Å². The van der Waals surface area contributed by atoms with Crippen LogP contribution in [0.1, 0.15) is 29.8 Å². The normalized spacial score (nSPS) is 10.9. The third kappa shape index (κ3) is 9.88. The topological polar surface area (TPSA) is 148 Å². The fourth-order valence-electron chi connectivity index (χ4n) is 3.26. The number of hydrogen-bond donors (Lipinski definition) is 5. The summed E-state index contributed by atoms with van der Waals surface area (Å²) in [4.78, 5) is 25.8. The molecule has 0 aliphatic carbocycles. The summed E-state index contributed by atoms with van der Waals surface area (Å²) in [7, 11) is 0. The molecule has 0 saturated carbocycles. The van der Waals surface area contributed by atoms with Gasteiger partial charge in [-0.2, -0.15) is 15.0 Å². The number of amides is 1. The zero-order valence-electron chi connectivity index (χ0n) is 21.7. The Hall–Kier alpha value is -3.87. The molecule has 1 aromatic heterocycles. The van der Waals surface area contributed by atoms with Gasteiger partial charge in [-0.05, 0) is 38.1 Å². The average molecular weight is 527 g/mol. The van der Waals surface area contributed by atoms with Crippen molar-refractivity contribution in [3.8, 4) is 0 Å². The van der Waals surface area contributed by atoms with E-state index in [2.05, 4.69) is 36.2 Å². The maximum atomic E-state index is 14.0. The van der Waals surface area contributed by atoms with Crippen LogP contribution in [-0.4, -0.2) is 66.4 Å². The van der Waals surface area contributed by atoms with E-state index in [4.69, 9.17) is 15.2 Å². The van der Waals surface area contributed by atoms with Gasteiger partial charge in [0.05, 0.1) is 26.4 Å². The predicted octanol–water partition coefficient (Wildman–Crippen LogP) is 2.91. The summed E-state index contributed by atoms with van der Waals surface area (Å²) in [6.45, 7) is 6.74. The molecule has 1 amide bonds. The second-order valence-corrected chi connectivity index (χ2v) is 8.53. The minimum atomic E-state index is -0.314. The molecule has 3 rings (SSSR count). The number of rotatable bonds is 16. The third-order valence-corrected chi connectivity index (χ3v) is 5.00. The van der Waals surface area contributed by atoms with Gasteiger partial charge in [0.15, 0.2) is 0 Å². The smallest absolute Gasteiger partial charge is 0.251 e. The molecule has 12 heteroatoms. The molecule has 6 N–H and O–H groups in total. The van der Waals surface area contributed by atoms with Gasteiger partial charge in [0.2, 0.25) is 17.8 Å². The second-order valence-electron chi connectivity index (χ2n) is 8.53. The van der Waals surface area contributed by atoms with Crippen molar-refractivity contribution in [3.63, 3.8) is 0 Å². The number of anilines is 4. The molecule has 0 unspecified atom stereocenters. The molecule has 204 valence electrons. The van der Waals surface area contributed by atoms with E-state index in [0.29, 0.717) is 62.3 Å². The van der Waals surface area contributed by atoms with Crippen molar-refractivity contribution in [2.75, 3.05) is 55.5 Å². The van der Waals surface area contributed by atoms with Crippen LogP contribution in [0.15, 0.2) is 48.5 Å². The van der Waals surface area contributed by atoms with E-state index in [0.717, 1.165) is 0 Å². The van der Waals surface area contributed by atoms with Crippen LogP contribution in [0.3, 0.4) is 0 Å². The van der Waals surface area contributed by atoms with E-state index in [1.165, 1.54) is 6.07 Å². The highest BCUT2D eigenvalue weighted by atomic mass is 19.1. The molecule has 0 atom stereocenters. The Morgan fingerprint density at radius 3 is 2.45 bits per heavy atom. The van der Waals surface area contributed by atoms with Crippen LogP contribution in [-0.2, 0) is 16.0 Å². The third-order valence-electron chi connectivity index (χ3n) is 5.00. The zero-order valence-corrected chi connectivity index (χ0v) is 21.7. The fourth-order valence-corrected chi connectivity index (χ4v) is 3.26. The molecule has 0 aliphatic rings. The van der Waals surface area contributed by atoms with Gasteiger partial charge in [-0.3, -0.25) is 4.79 Å². The number of benzene rings is 2. The zero-order chi connectivity index (χ0) is 27.2. The molecule has 0 aliphatic heterocycles. The number of ether oxygens (including phenoxy) is 2. The summed E-state index contributed by atoms with van der Waals surface area (Å²) in [5.41, 5.74) is 6.93. The molecule has 0 saturated heterocycles. The van der Waals surface area contributed by atoms with Crippen molar-refractivity contribution < 1.29 is 18.7 Å². The van der Waals surface area contributed by atoms with E-state index in [1.807, 2.05) is 13.8 Å². The van der Waals surface area contributed by atoms with Gasteiger partial charge < -0.3 is 36.5 Å². The quantitative estimate of drug-likeness (QED) is 0.176. The van der Waals surface area contributed by atoms with E-state index in [1.54, 1.807) is 42.5 Å². The molecular formula is C26H35FN8O3. The van der Waals surface area contributed by atoms with Crippen molar-refractivity contribution in [2.45, 2.75) is 26.4 Å². The number of hydrogen-bond acceptors (Lipinski definition) is 10. The Labute approximate surface area is 221 Å². The number of carbonyl (C=O) groups is 1. The molecule has 38 heavy (non-hydrogen) atoms. The Bertz CT molecular complexity index is 1160.